The third kappa shape index (κ3) is 3.79. The van der Waals surface area contributed by atoms with Crippen LogP contribution in [0.1, 0.15) is 87.0 Å². The first-order valence-electron chi connectivity index (χ1n) is 13.2. The van der Waals surface area contributed by atoms with E-state index < -0.39 is 14.4 Å². The maximum Gasteiger partial charge on any atom is 0.302 e. The highest BCUT2D eigenvalue weighted by Gasteiger charge is 2.69. The normalized spacial score (nSPS) is 44.2. The van der Waals surface area contributed by atoms with Crippen molar-refractivity contribution in [2.75, 3.05) is 6.61 Å². The number of ether oxygens (including phenoxy) is 1. The lowest BCUT2D eigenvalue weighted by molar-refractivity contribution is -0.222. The van der Waals surface area contributed by atoms with Gasteiger partial charge in [-0.2, -0.15) is 0 Å². The minimum absolute atomic E-state index is 0.117. The smallest absolute Gasteiger partial charge is 0.302 e. The van der Waals surface area contributed by atoms with Gasteiger partial charge in [0, 0.05) is 24.4 Å². The van der Waals surface area contributed by atoms with E-state index in [1.54, 1.807) is 6.92 Å². The molecule has 1 N–H and O–H groups in total. The summed E-state index contributed by atoms with van der Waals surface area (Å²) >= 11 is 0. The number of rotatable bonds is 4. The van der Waals surface area contributed by atoms with Crippen LogP contribution >= 0.6 is 0 Å². The van der Waals surface area contributed by atoms with Gasteiger partial charge in [-0.3, -0.25) is 4.79 Å². The van der Waals surface area contributed by atoms with Gasteiger partial charge >= 0.3 is 5.97 Å². The van der Waals surface area contributed by atoms with Gasteiger partial charge in [-0.25, -0.2) is 0 Å². The maximum absolute atomic E-state index is 12.3. The van der Waals surface area contributed by atoms with Gasteiger partial charge in [0.25, 0.3) is 0 Å². The van der Waals surface area contributed by atoms with Crippen molar-refractivity contribution in [1.29, 1.82) is 0 Å². The molecule has 0 saturated heterocycles. The predicted octanol–water partition coefficient (Wildman–Crippen LogP) is 6.49. The second kappa shape index (κ2) is 7.67. The van der Waals surface area contributed by atoms with E-state index in [1.807, 2.05) is 0 Å². The van der Waals surface area contributed by atoms with Crippen molar-refractivity contribution in [3.63, 3.8) is 0 Å². The van der Waals surface area contributed by atoms with E-state index in [0.29, 0.717) is 18.4 Å². The Morgan fingerprint density at radius 1 is 1.09 bits per heavy atom. The number of aliphatic hydroxyl groups excluding tert-OH is 1. The van der Waals surface area contributed by atoms with Crippen molar-refractivity contribution in [2.24, 2.45) is 33.5 Å². The summed E-state index contributed by atoms with van der Waals surface area (Å²) in [6, 6.07) is 0. The average Bonchev–Trinajstić information content (AvgIpc) is 3.00. The number of carbonyl (C=O) groups is 1. The summed E-state index contributed by atoms with van der Waals surface area (Å²) in [6.45, 7) is 20.8. The Balaban J connectivity index is 1.70. The van der Waals surface area contributed by atoms with Crippen molar-refractivity contribution < 1.29 is 19.1 Å². The average molecular weight is 477 g/mol. The molecular weight excluding hydrogens is 428 g/mol. The Bertz CT molecular complexity index is 826. The lowest BCUT2D eigenvalue weighted by Crippen LogP contribution is -2.64. The van der Waals surface area contributed by atoms with Gasteiger partial charge in [0.1, 0.15) is 6.10 Å². The zero-order valence-corrected chi connectivity index (χ0v) is 23.6. The van der Waals surface area contributed by atoms with Crippen molar-refractivity contribution in [3.8, 4) is 0 Å². The lowest BCUT2D eigenvalue weighted by atomic mass is 9.39. The molecule has 0 aromatic heterocycles. The van der Waals surface area contributed by atoms with Gasteiger partial charge in [0.05, 0.1) is 6.10 Å². The van der Waals surface area contributed by atoms with Crippen LogP contribution in [0, 0.1) is 33.5 Å². The Hall–Kier alpha value is -0.653. The molecule has 4 nitrogen and oxygen atoms in total. The van der Waals surface area contributed by atoms with Gasteiger partial charge in [0.15, 0.2) is 8.32 Å². The topological polar surface area (TPSA) is 55.8 Å². The van der Waals surface area contributed by atoms with E-state index in [2.05, 4.69) is 66.8 Å². The number of aliphatic hydroxyl groups is 1. The van der Waals surface area contributed by atoms with E-state index in [-0.39, 0.29) is 38.8 Å². The van der Waals surface area contributed by atoms with Crippen molar-refractivity contribution in [2.45, 2.75) is 117 Å². The number of fused-ring (bicyclic) bond motifs is 3. The summed E-state index contributed by atoms with van der Waals surface area (Å²) in [7, 11) is -1.94. The molecule has 0 radical (unpaired) electrons. The Morgan fingerprint density at radius 2 is 1.76 bits per heavy atom. The minimum Gasteiger partial charge on any atom is -0.462 e. The minimum atomic E-state index is -1.94. The molecule has 0 amide bonds. The first kappa shape index (κ1) is 25.4. The molecule has 2 bridgehead atoms. The van der Waals surface area contributed by atoms with Gasteiger partial charge < -0.3 is 14.3 Å². The van der Waals surface area contributed by atoms with E-state index in [0.717, 1.165) is 19.3 Å². The molecule has 188 valence electrons. The van der Waals surface area contributed by atoms with Gasteiger partial charge in [-0.1, -0.05) is 60.1 Å². The fourth-order valence-corrected chi connectivity index (χ4v) is 9.24. The van der Waals surface area contributed by atoms with E-state index in [9.17, 15) is 9.90 Å². The summed E-state index contributed by atoms with van der Waals surface area (Å²) in [6.07, 6.45) is 10.3. The molecule has 5 heteroatoms. The molecule has 3 fully saturated rings. The van der Waals surface area contributed by atoms with Crippen LogP contribution in [0.5, 0.6) is 0 Å². The SMILES string of the molecule is CC(=O)O[C@H]1C[C@@H]2C(C)(C)CCC[C@@]2(C)[C@@H]2C[C@@H](O)[C@]3(CO[Si](C)(C)C(C)(C)C)C=C[C@]12C3. The molecule has 4 aliphatic rings. The molecule has 0 heterocycles. The van der Waals surface area contributed by atoms with Crippen LogP contribution in [0.25, 0.3) is 0 Å². The standard InChI is InChI=1S/C28H48O4Si/c1-19(29)32-23-16-20-25(5,6)11-10-12-26(20,7)21-15-22(30)27(13-14-28(21,23)17-27)18-31-33(8,9)24(2,3)4/h13-14,20-23,30H,10-12,15-18H2,1-9H3/t20-,21+,22-,23+,26-,27-,28-/m1/s1. The highest BCUT2D eigenvalue weighted by molar-refractivity contribution is 6.74. The largest absolute Gasteiger partial charge is 0.462 e. The first-order chi connectivity index (χ1) is 15.0. The summed E-state index contributed by atoms with van der Waals surface area (Å²) < 4.78 is 12.8. The molecule has 0 aromatic rings. The molecule has 33 heavy (non-hydrogen) atoms. The van der Waals surface area contributed by atoms with Crippen LogP contribution in [-0.4, -0.2) is 38.2 Å². The summed E-state index contributed by atoms with van der Waals surface area (Å²) in [5, 5.41) is 11.8. The van der Waals surface area contributed by atoms with Crippen LogP contribution in [0.15, 0.2) is 12.2 Å². The van der Waals surface area contributed by atoms with Crippen molar-refractivity contribution in [3.05, 3.63) is 12.2 Å². The summed E-state index contributed by atoms with van der Waals surface area (Å²) in [5.41, 5.74) is -0.196. The maximum atomic E-state index is 12.3. The van der Waals surface area contributed by atoms with Crippen LogP contribution in [0.2, 0.25) is 18.1 Å². The van der Waals surface area contributed by atoms with E-state index >= 15 is 0 Å². The number of esters is 1. The third-order valence-corrected chi connectivity index (χ3v) is 15.5. The van der Waals surface area contributed by atoms with Crippen molar-refractivity contribution >= 4 is 14.3 Å². The molecule has 4 rings (SSSR count). The second-order valence-electron chi connectivity index (χ2n) is 14.4. The molecule has 0 aromatic carbocycles. The zero-order chi connectivity index (χ0) is 24.7. The highest BCUT2D eigenvalue weighted by atomic mass is 28.4. The number of hydrogen-bond donors (Lipinski definition) is 1. The Labute approximate surface area is 203 Å². The molecule has 0 unspecified atom stereocenters. The Morgan fingerprint density at radius 3 is 2.36 bits per heavy atom. The molecular formula is C28H48O4Si. The van der Waals surface area contributed by atoms with Gasteiger partial charge in [0.2, 0.25) is 0 Å². The van der Waals surface area contributed by atoms with E-state index in [4.69, 9.17) is 9.16 Å². The van der Waals surface area contributed by atoms with Crippen LogP contribution in [0.3, 0.4) is 0 Å². The van der Waals surface area contributed by atoms with E-state index in [1.165, 1.54) is 19.3 Å². The number of hydrogen-bond acceptors (Lipinski definition) is 4. The highest BCUT2D eigenvalue weighted by Crippen LogP contribution is 2.72. The molecule has 7 atom stereocenters. The zero-order valence-electron chi connectivity index (χ0n) is 22.6. The monoisotopic (exact) mass is 476 g/mol. The molecule has 0 aliphatic heterocycles. The summed E-state index contributed by atoms with van der Waals surface area (Å²) in [4.78, 5) is 12.3. The third-order valence-electron chi connectivity index (χ3n) is 11.1. The van der Waals surface area contributed by atoms with Crippen molar-refractivity contribution in [1.82, 2.24) is 0 Å². The first-order valence-corrected chi connectivity index (χ1v) is 16.1. The second-order valence-corrected chi connectivity index (χ2v) is 19.3. The predicted molar refractivity (Wildman–Crippen MR) is 135 cm³/mol. The van der Waals surface area contributed by atoms with Gasteiger partial charge in [-0.15, -0.1) is 0 Å². The lowest BCUT2D eigenvalue weighted by Gasteiger charge is -2.66. The number of carbonyl (C=O) groups excluding carboxylic acids is 1. The fourth-order valence-electron chi connectivity index (χ4n) is 8.17. The van der Waals surface area contributed by atoms with Crippen LogP contribution in [0.4, 0.5) is 0 Å². The molecule has 3 saturated carbocycles. The van der Waals surface area contributed by atoms with Gasteiger partial charge in [-0.05, 0) is 72.9 Å². The van der Waals surface area contributed by atoms with Crippen LogP contribution in [-0.2, 0) is 14.0 Å². The molecule has 1 spiro atoms. The fraction of sp³-hybridized carbons (Fsp3) is 0.893. The van der Waals surface area contributed by atoms with Crippen LogP contribution < -0.4 is 0 Å². The molecule has 4 aliphatic carbocycles. The quantitative estimate of drug-likeness (QED) is 0.286. The summed E-state index contributed by atoms with van der Waals surface area (Å²) in [5.74, 6) is 0.637. The Kier molecular flexibility index (Phi) is 5.91.